The van der Waals surface area contributed by atoms with E-state index in [4.69, 9.17) is 0 Å². The van der Waals surface area contributed by atoms with Gasteiger partial charge < -0.3 is 26.0 Å². The summed E-state index contributed by atoms with van der Waals surface area (Å²) in [6.07, 6.45) is 2.62. The Labute approximate surface area is 245 Å². The van der Waals surface area contributed by atoms with Gasteiger partial charge in [0.2, 0.25) is 17.7 Å². The van der Waals surface area contributed by atoms with Crippen LogP contribution < -0.4 is 20.7 Å². The monoisotopic (exact) mass is 599 g/mol. The van der Waals surface area contributed by atoms with Crippen LogP contribution in [-0.4, -0.2) is 94.0 Å². The van der Waals surface area contributed by atoms with Gasteiger partial charge in [0.25, 0.3) is 0 Å². The lowest BCUT2D eigenvalue weighted by Gasteiger charge is -2.37. The fourth-order valence-corrected chi connectivity index (χ4v) is 5.98. The normalized spacial score (nSPS) is 17.3. The van der Waals surface area contributed by atoms with Crippen LogP contribution >= 0.6 is 36.3 Å². The molecule has 4 atom stereocenters. The number of rotatable bonds is 15. The van der Waals surface area contributed by atoms with Crippen molar-refractivity contribution < 1.29 is 24.3 Å². The molecule has 13 heteroatoms. The summed E-state index contributed by atoms with van der Waals surface area (Å²) in [6.45, 7) is 5.57. The number of benzene rings is 1. The van der Waals surface area contributed by atoms with E-state index in [0.717, 1.165) is 23.1 Å². The van der Waals surface area contributed by atoms with Crippen LogP contribution in [0.1, 0.15) is 38.3 Å². The second-order valence-electron chi connectivity index (χ2n) is 10.0. The van der Waals surface area contributed by atoms with Crippen LogP contribution in [0, 0.1) is 0 Å². The second kappa shape index (κ2) is 15.8. The van der Waals surface area contributed by atoms with Crippen LogP contribution in [0.25, 0.3) is 0 Å². The first-order valence-corrected chi connectivity index (χ1v) is 15.6. The van der Waals surface area contributed by atoms with Gasteiger partial charge in [0.15, 0.2) is 0 Å². The number of nitrogens with zero attached hydrogens (tertiary/aromatic N) is 1. The molecule has 1 heterocycles. The third-order valence-corrected chi connectivity index (χ3v) is 8.84. The standard InChI is InChI=1S/C26H41N5O5S3/c1-16(32)30-39-26(2,3)22(27-4)23(33)29-19(15-37)14-31(21(25(35)36)10-11-38-5)24(34)20-12-17-8-6-7-9-18(17)13-28-20/h6-9,19-22,27-28,37H,10-15H2,1-5H3,(H,29,33)(H,30,32)(H,35,36)/t19-,20+,21?,22-/m1/s1. The quantitative estimate of drug-likeness (QED) is 0.130. The average Bonchev–Trinajstić information content (AvgIpc) is 2.90. The molecule has 1 aromatic carbocycles. The highest BCUT2D eigenvalue weighted by Gasteiger charge is 2.39. The molecule has 3 amide bonds. The Morgan fingerprint density at radius 2 is 1.90 bits per heavy atom. The van der Waals surface area contributed by atoms with Crippen molar-refractivity contribution in [2.24, 2.45) is 0 Å². The Kier molecular flexibility index (Phi) is 13.4. The number of carbonyl (C=O) groups excluding carboxylic acids is 3. The number of thiol groups is 1. The molecule has 1 unspecified atom stereocenters. The van der Waals surface area contributed by atoms with Crippen molar-refractivity contribution in [1.29, 1.82) is 0 Å². The van der Waals surface area contributed by atoms with Gasteiger partial charge in [0, 0.05) is 25.8 Å². The SMILES string of the molecule is CN[C@H](C(=O)N[C@@H](CS)CN(C(=O)[C@@H]1Cc2ccccc2CN1)C(CCSC)C(=O)O)C(C)(C)SNC(C)=O. The lowest BCUT2D eigenvalue weighted by Crippen LogP contribution is -2.61. The number of thioether (sulfide) groups is 1. The Hall–Kier alpha value is -1.93. The van der Waals surface area contributed by atoms with Crippen LogP contribution in [0.15, 0.2) is 24.3 Å². The predicted molar refractivity (Wildman–Crippen MR) is 161 cm³/mol. The van der Waals surface area contributed by atoms with Gasteiger partial charge in [-0.05, 0) is 68.8 Å². The molecule has 0 bridgehead atoms. The van der Waals surface area contributed by atoms with E-state index < -0.39 is 34.9 Å². The molecule has 0 aromatic heterocycles. The highest BCUT2D eigenvalue weighted by molar-refractivity contribution is 7.99. The lowest BCUT2D eigenvalue weighted by molar-refractivity contribution is -0.151. The number of fused-ring (bicyclic) bond motifs is 1. The molecule has 0 radical (unpaired) electrons. The minimum atomic E-state index is -1.08. The van der Waals surface area contributed by atoms with Crippen LogP contribution in [0.5, 0.6) is 0 Å². The third-order valence-electron chi connectivity index (χ3n) is 6.61. The number of carboxylic acid groups (broad SMARTS) is 1. The number of carbonyl (C=O) groups is 4. The van der Waals surface area contributed by atoms with Gasteiger partial charge in [0.1, 0.15) is 12.1 Å². The zero-order chi connectivity index (χ0) is 29.2. The molecule has 1 aliphatic rings. The summed E-state index contributed by atoms with van der Waals surface area (Å²) in [7, 11) is 1.65. The number of carboxylic acids is 1. The minimum Gasteiger partial charge on any atom is -0.480 e. The topological polar surface area (TPSA) is 140 Å². The number of amides is 3. The molecule has 1 aliphatic heterocycles. The van der Waals surface area contributed by atoms with Crippen LogP contribution in [0.2, 0.25) is 0 Å². The molecule has 10 nitrogen and oxygen atoms in total. The summed E-state index contributed by atoms with van der Waals surface area (Å²) < 4.78 is 1.97. The maximum atomic E-state index is 13.9. The molecule has 0 saturated carbocycles. The molecule has 0 aliphatic carbocycles. The van der Waals surface area contributed by atoms with Crippen LogP contribution in [0.4, 0.5) is 0 Å². The summed E-state index contributed by atoms with van der Waals surface area (Å²) >= 11 is 7.07. The fraction of sp³-hybridized carbons (Fsp3) is 0.615. The van der Waals surface area contributed by atoms with E-state index in [1.807, 2.05) is 44.4 Å². The van der Waals surface area contributed by atoms with E-state index in [9.17, 15) is 24.3 Å². The first-order chi connectivity index (χ1) is 18.4. The smallest absolute Gasteiger partial charge is 0.326 e. The lowest BCUT2D eigenvalue weighted by atomic mass is 9.94. The summed E-state index contributed by atoms with van der Waals surface area (Å²) in [5, 5.41) is 19.3. The van der Waals surface area contributed by atoms with Crippen LogP contribution in [0.3, 0.4) is 0 Å². The second-order valence-corrected chi connectivity index (χ2v) is 12.8. The van der Waals surface area contributed by atoms with Gasteiger partial charge >= 0.3 is 5.97 Å². The predicted octanol–water partition coefficient (Wildman–Crippen LogP) is 1.30. The highest BCUT2D eigenvalue weighted by Crippen LogP contribution is 2.26. The van der Waals surface area contributed by atoms with Gasteiger partial charge in [-0.15, -0.1) is 0 Å². The molecule has 5 N–H and O–H groups in total. The molecular formula is C26H41N5O5S3. The zero-order valence-electron chi connectivity index (χ0n) is 23.2. The Balaban J connectivity index is 2.27. The fourth-order valence-electron chi connectivity index (χ4n) is 4.57. The molecular weight excluding hydrogens is 559 g/mol. The number of aliphatic carboxylic acids is 1. The van der Waals surface area contributed by atoms with Crippen molar-refractivity contribution in [3.05, 3.63) is 35.4 Å². The zero-order valence-corrected chi connectivity index (χ0v) is 25.7. The molecule has 0 spiro atoms. The van der Waals surface area contributed by atoms with Gasteiger partial charge in [0.05, 0.1) is 16.8 Å². The maximum absolute atomic E-state index is 13.9. The van der Waals surface area contributed by atoms with Crippen molar-refractivity contribution in [2.75, 3.05) is 31.4 Å². The van der Waals surface area contributed by atoms with Gasteiger partial charge in [-0.25, -0.2) is 4.79 Å². The van der Waals surface area contributed by atoms with Crippen molar-refractivity contribution in [2.45, 2.75) is 69.1 Å². The summed E-state index contributed by atoms with van der Waals surface area (Å²) in [4.78, 5) is 52.3. The highest BCUT2D eigenvalue weighted by atomic mass is 32.2. The third kappa shape index (κ3) is 9.59. The Morgan fingerprint density at radius 1 is 1.23 bits per heavy atom. The van der Waals surface area contributed by atoms with Crippen molar-refractivity contribution >= 4 is 60.0 Å². The molecule has 1 aromatic rings. The molecule has 0 saturated heterocycles. The largest absolute Gasteiger partial charge is 0.480 e. The van der Waals surface area contributed by atoms with Crippen molar-refractivity contribution in [1.82, 2.24) is 25.6 Å². The minimum absolute atomic E-state index is 0.00501. The van der Waals surface area contributed by atoms with Crippen LogP contribution in [-0.2, 0) is 32.1 Å². The number of nitrogens with one attached hydrogen (secondary N) is 4. The van der Waals surface area contributed by atoms with E-state index >= 15 is 0 Å². The van der Waals surface area contributed by atoms with E-state index in [1.165, 1.54) is 23.6 Å². The van der Waals surface area contributed by atoms with E-state index in [-0.39, 0.29) is 36.4 Å². The van der Waals surface area contributed by atoms with Gasteiger partial charge in [-0.1, -0.05) is 24.3 Å². The molecule has 0 fully saturated rings. The van der Waals surface area contributed by atoms with Crippen molar-refractivity contribution in [3.63, 3.8) is 0 Å². The molecule has 39 heavy (non-hydrogen) atoms. The Bertz CT molecular complexity index is 1010. The number of hydrogen-bond donors (Lipinski definition) is 6. The van der Waals surface area contributed by atoms with Gasteiger partial charge in [-0.3, -0.25) is 19.1 Å². The first-order valence-electron chi connectivity index (χ1n) is 12.8. The first kappa shape index (κ1) is 33.3. The average molecular weight is 600 g/mol. The number of hydrogen-bond acceptors (Lipinski definition) is 9. The number of likely N-dealkylation sites (N-methyl/N-ethyl adjacent to an activating group) is 1. The van der Waals surface area contributed by atoms with E-state index in [0.29, 0.717) is 18.7 Å². The molecule has 2 rings (SSSR count). The van der Waals surface area contributed by atoms with Gasteiger partial charge in [-0.2, -0.15) is 24.4 Å². The maximum Gasteiger partial charge on any atom is 0.326 e. The molecule has 218 valence electrons. The summed E-state index contributed by atoms with van der Waals surface area (Å²) in [5.41, 5.74) is 2.17. The van der Waals surface area contributed by atoms with E-state index in [1.54, 1.807) is 7.05 Å². The summed E-state index contributed by atoms with van der Waals surface area (Å²) in [6, 6.07) is 4.96. The van der Waals surface area contributed by atoms with E-state index in [2.05, 4.69) is 33.3 Å². The summed E-state index contributed by atoms with van der Waals surface area (Å²) in [5.74, 6) is -1.21. The van der Waals surface area contributed by atoms with Crippen molar-refractivity contribution in [3.8, 4) is 0 Å². The Morgan fingerprint density at radius 3 is 2.46 bits per heavy atom.